The number of carboxylic acids is 1. The lowest BCUT2D eigenvalue weighted by molar-refractivity contribution is 0.0692. The van der Waals surface area contributed by atoms with Gasteiger partial charge in [-0.25, -0.2) is 9.78 Å². The van der Waals surface area contributed by atoms with Crippen molar-refractivity contribution in [2.45, 2.75) is 0 Å². The van der Waals surface area contributed by atoms with Gasteiger partial charge in [-0.05, 0) is 24.3 Å². The van der Waals surface area contributed by atoms with Crippen molar-refractivity contribution in [2.24, 2.45) is 0 Å². The molecule has 3 aromatic rings. The summed E-state index contributed by atoms with van der Waals surface area (Å²) < 4.78 is 10.7. The largest absolute Gasteiger partial charge is 0.493 e. The Balaban J connectivity index is 2.20. The average molecular weight is 387 g/mol. The molecule has 7 nitrogen and oxygen atoms in total. The molecule has 0 aliphatic carbocycles. The number of rotatable bonds is 5. The zero-order chi connectivity index (χ0) is 19.6. The number of ether oxygens (including phenoxy) is 2. The Morgan fingerprint density at radius 2 is 1.93 bits per heavy atom. The maximum atomic E-state index is 12.6. The van der Waals surface area contributed by atoms with E-state index in [9.17, 15) is 14.7 Å². The molecule has 0 saturated heterocycles. The number of hydrogen-bond donors (Lipinski definition) is 2. The topological polar surface area (TPSA) is 97.8 Å². The molecule has 0 fully saturated rings. The van der Waals surface area contributed by atoms with Gasteiger partial charge in [-0.15, -0.1) is 0 Å². The molecule has 0 radical (unpaired) electrons. The highest BCUT2D eigenvalue weighted by atomic mass is 35.5. The number of methoxy groups -OCH3 is 2. The van der Waals surface area contributed by atoms with Gasteiger partial charge in [0.05, 0.1) is 25.3 Å². The van der Waals surface area contributed by atoms with E-state index in [1.165, 1.54) is 26.5 Å². The van der Waals surface area contributed by atoms with E-state index < -0.39 is 11.9 Å². The molecule has 1 amide bonds. The highest BCUT2D eigenvalue weighted by Crippen LogP contribution is 2.41. The second kappa shape index (κ2) is 7.51. The summed E-state index contributed by atoms with van der Waals surface area (Å²) in [4.78, 5) is 28.1. The molecule has 0 atom stereocenters. The summed E-state index contributed by atoms with van der Waals surface area (Å²) >= 11 is 5.94. The number of carboxylic acid groups (broad SMARTS) is 1. The van der Waals surface area contributed by atoms with E-state index in [0.29, 0.717) is 21.7 Å². The maximum Gasteiger partial charge on any atom is 0.355 e. The van der Waals surface area contributed by atoms with Gasteiger partial charge in [-0.3, -0.25) is 4.79 Å². The number of amides is 1. The first-order chi connectivity index (χ1) is 13.0. The van der Waals surface area contributed by atoms with Gasteiger partial charge in [0, 0.05) is 28.2 Å². The number of hydrogen-bond acceptors (Lipinski definition) is 5. The smallest absolute Gasteiger partial charge is 0.355 e. The fourth-order valence-corrected chi connectivity index (χ4v) is 2.95. The molecule has 2 N–H and O–H groups in total. The molecule has 138 valence electrons. The van der Waals surface area contributed by atoms with Crippen molar-refractivity contribution in [3.05, 3.63) is 58.9 Å². The lowest BCUT2D eigenvalue weighted by Crippen LogP contribution is -2.13. The molecule has 0 unspecified atom stereocenters. The lowest BCUT2D eigenvalue weighted by atomic mass is 10.0. The predicted octanol–water partition coefficient (Wildman–Crippen LogP) is 3.86. The van der Waals surface area contributed by atoms with Crippen LogP contribution >= 0.6 is 11.6 Å². The van der Waals surface area contributed by atoms with Crippen molar-refractivity contribution in [3.8, 4) is 11.5 Å². The van der Waals surface area contributed by atoms with Crippen molar-refractivity contribution in [1.29, 1.82) is 0 Å². The molecule has 3 rings (SSSR count). The zero-order valence-electron chi connectivity index (χ0n) is 14.4. The molecule has 0 bridgehead atoms. The first-order valence-electron chi connectivity index (χ1n) is 7.80. The van der Waals surface area contributed by atoms with E-state index in [0.717, 1.165) is 0 Å². The van der Waals surface area contributed by atoms with Crippen LogP contribution in [0.3, 0.4) is 0 Å². The lowest BCUT2D eigenvalue weighted by Gasteiger charge is -2.16. The number of aromatic nitrogens is 1. The van der Waals surface area contributed by atoms with Crippen LogP contribution in [0.2, 0.25) is 5.02 Å². The third-order valence-corrected chi connectivity index (χ3v) is 4.16. The van der Waals surface area contributed by atoms with Gasteiger partial charge in [-0.1, -0.05) is 17.7 Å². The van der Waals surface area contributed by atoms with E-state index in [2.05, 4.69) is 10.3 Å². The summed E-state index contributed by atoms with van der Waals surface area (Å²) in [7, 11) is 2.82. The summed E-state index contributed by atoms with van der Waals surface area (Å²) in [5.41, 5.74) is 0.511. The molecule has 0 aliphatic rings. The average Bonchev–Trinajstić information content (AvgIpc) is 2.66. The number of carbonyl (C=O) groups is 2. The van der Waals surface area contributed by atoms with E-state index in [-0.39, 0.29) is 22.6 Å². The van der Waals surface area contributed by atoms with Gasteiger partial charge in [0.2, 0.25) is 0 Å². The van der Waals surface area contributed by atoms with Gasteiger partial charge >= 0.3 is 5.97 Å². The Labute approximate surface area is 159 Å². The molecule has 2 aromatic carbocycles. The van der Waals surface area contributed by atoms with Gasteiger partial charge in [0.25, 0.3) is 5.91 Å². The first-order valence-corrected chi connectivity index (χ1v) is 8.18. The van der Waals surface area contributed by atoms with Crippen LogP contribution in [0.25, 0.3) is 10.8 Å². The summed E-state index contributed by atoms with van der Waals surface area (Å²) in [6, 6.07) is 9.64. The van der Waals surface area contributed by atoms with Gasteiger partial charge in [0.15, 0.2) is 17.2 Å². The number of benzene rings is 2. The minimum Gasteiger partial charge on any atom is -0.493 e. The normalized spacial score (nSPS) is 10.5. The molecule has 8 heteroatoms. The number of aromatic carboxylic acids is 1. The Morgan fingerprint density at radius 3 is 2.56 bits per heavy atom. The van der Waals surface area contributed by atoms with Crippen molar-refractivity contribution in [3.63, 3.8) is 0 Å². The molecule has 27 heavy (non-hydrogen) atoms. The molecular formula is C19H15ClN2O5. The molecule has 1 aromatic heterocycles. The maximum absolute atomic E-state index is 12.6. The fourth-order valence-electron chi connectivity index (χ4n) is 2.76. The summed E-state index contributed by atoms with van der Waals surface area (Å²) in [5.74, 6) is -1.14. The Morgan fingerprint density at radius 1 is 1.15 bits per heavy atom. The van der Waals surface area contributed by atoms with Crippen LogP contribution in [0, 0.1) is 0 Å². The van der Waals surface area contributed by atoms with Crippen molar-refractivity contribution < 1.29 is 24.2 Å². The van der Waals surface area contributed by atoms with Crippen LogP contribution in [0.1, 0.15) is 20.8 Å². The third-order valence-electron chi connectivity index (χ3n) is 3.93. The van der Waals surface area contributed by atoms with Gasteiger partial charge < -0.3 is 19.9 Å². The molecule has 0 aliphatic heterocycles. The summed E-state index contributed by atoms with van der Waals surface area (Å²) in [6.45, 7) is 0. The van der Waals surface area contributed by atoms with E-state index >= 15 is 0 Å². The van der Waals surface area contributed by atoms with Gasteiger partial charge in [-0.2, -0.15) is 0 Å². The number of pyridine rings is 1. The molecule has 0 spiro atoms. The minimum absolute atomic E-state index is 0.207. The van der Waals surface area contributed by atoms with Crippen molar-refractivity contribution in [1.82, 2.24) is 4.98 Å². The van der Waals surface area contributed by atoms with Crippen molar-refractivity contribution in [2.75, 3.05) is 19.5 Å². The molecular weight excluding hydrogens is 372 g/mol. The quantitative estimate of drug-likeness (QED) is 0.691. The number of fused-ring (bicyclic) bond motifs is 1. The van der Waals surface area contributed by atoms with Crippen LogP contribution in [0.15, 0.2) is 42.6 Å². The monoisotopic (exact) mass is 386 g/mol. The third kappa shape index (κ3) is 3.50. The Bertz CT molecular complexity index is 1050. The molecule has 1 heterocycles. The first kappa shape index (κ1) is 18.5. The summed E-state index contributed by atoms with van der Waals surface area (Å²) in [5, 5.41) is 13.4. The highest BCUT2D eigenvalue weighted by Gasteiger charge is 2.22. The van der Waals surface area contributed by atoms with Crippen LogP contribution in [0.5, 0.6) is 11.5 Å². The number of nitrogens with one attached hydrogen (secondary N) is 1. The Hall–Kier alpha value is -3.32. The zero-order valence-corrected chi connectivity index (χ0v) is 15.2. The SMILES string of the molecule is COc1cc(NC(=O)c2cccc(Cl)c2)c2ccnc(C(=O)O)c2c1OC. The van der Waals surface area contributed by atoms with Crippen LogP contribution in [0.4, 0.5) is 5.69 Å². The van der Waals surface area contributed by atoms with E-state index in [4.69, 9.17) is 21.1 Å². The number of halogens is 1. The Kier molecular flexibility index (Phi) is 5.14. The second-order valence-corrected chi connectivity index (χ2v) is 5.95. The standard InChI is InChI=1S/C19H15ClN2O5/c1-26-14-9-13(22-18(23)10-4-3-5-11(20)8-10)12-6-7-21-16(19(24)25)15(12)17(14)27-2/h3-9H,1-2H3,(H,22,23)(H,24,25). The number of carbonyl (C=O) groups excluding carboxylic acids is 1. The highest BCUT2D eigenvalue weighted by molar-refractivity contribution is 6.31. The number of anilines is 1. The van der Waals surface area contributed by atoms with Crippen LogP contribution in [-0.4, -0.2) is 36.2 Å². The summed E-state index contributed by atoms with van der Waals surface area (Å²) in [6.07, 6.45) is 1.35. The van der Waals surface area contributed by atoms with E-state index in [1.807, 2.05) is 0 Å². The predicted molar refractivity (Wildman–Crippen MR) is 101 cm³/mol. The minimum atomic E-state index is -1.22. The van der Waals surface area contributed by atoms with Gasteiger partial charge in [0.1, 0.15) is 0 Å². The second-order valence-electron chi connectivity index (χ2n) is 5.51. The van der Waals surface area contributed by atoms with Crippen LogP contribution in [-0.2, 0) is 0 Å². The van der Waals surface area contributed by atoms with Crippen LogP contribution < -0.4 is 14.8 Å². The molecule has 0 saturated carbocycles. The van der Waals surface area contributed by atoms with E-state index in [1.54, 1.807) is 30.3 Å². The fraction of sp³-hybridized carbons (Fsp3) is 0.105. The van der Waals surface area contributed by atoms with Crippen molar-refractivity contribution >= 4 is 39.9 Å². The number of nitrogens with zero attached hydrogens (tertiary/aromatic N) is 1.